The van der Waals surface area contributed by atoms with Gasteiger partial charge < -0.3 is 10.1 Å². The highest BCUT2D eigenvalue weighted by Gasteiger charge is 2.19. The molecule has 1 heterocycles. The van der Waals surface area contributed by atoms with E-state index in [0.29, 0.717) is 33.8 Å². The van der Waals surface area contributed by atoms with Crippen molar-refractivity contribution in [1.82, 2.24) is 5.32 Å². The molecule has 100 valence electrons. The van der Waals surface area contributed by atoms with E-state index >= 15 is 0 Å². The fourth-order valence-corrected chi connectivity index (χ4v) is 2.84. The molecule has 1 fully saturated rings. The van der Waals surface area contributed by atoms with Crippen molar-refractivity contribution in [2.24, 2.45) is 0 Å². The summed E-state index contributed by atoms with van der Waals surface area (Å²) < 4.78 is 5.51. The van der Waals surface area contributed by atoms with Crippen molar-refractivity contribution in [2.45, 2.75) is 38.5 Å². The summed E-state index contributed by atoms with van der Waals surface area (Å²) in [5.74, 6) is 0. The maximum absolute atomic E-state index is 6.16. The Bertz CT molecular complexity index is 425. The van der Waals surface area contributed by atoms with Gasteiger partial charge in [0.05, 0.1) is 16.1 Å². The summed E-state index contributed by atoms with van der Waals surface area (Å²) in [4.78, 5) is 0. The summed E-state index contributed by atoms with van der Waals surface area (Å²) >= 11 is 18.3. The largest absolute Gasteiger partial charge is 0.378 e. The first-order chi connectivity index (χ1) is 8.58. The third kappa shape index (κ3) is 3.52. The molecule has 1 aromatic rings. The first-order valence-corrected chi connectivity index (χ1v) is 7.18. The topological polar surface area (TPSA) is 21.3 Å². The number of benzene rings is 1. The Labute approximate surface area is 123 Å². The maximum atomic E-state index is 6.16. The molecule has 0 aliphatic carbocycles. The smallest absolute Gasteiger partial charge is 0.0652 e. The Morgan fingerprint density at radius 1 is 1.28 bits per heavy atom. The molecule has 0 aromatic heterocycles. The van der Waals surface area contributed by atoms with Gasteiger partial charge in [0.25, 0.3) is 0 Å². The number of ether oxygens (including phenoxy) is 1. The van der Waals surface area contributed by atoms with Gasteiger partial charge in [0.1, 0.15) is 0 Å². The third-order valence-electron chi connectivity index (χ3n) is 3.19. The predicted octanol–water partition coefficient (Wildman–Crippen LogP) is 4.30. The van der Waals surface area contributed by atoms with E-state index in [1.807, 2.05) is 0 Å². The van der Waals surface area contributed by atoms with Gasteiger partial charge in [-0.15, -0.1) is 0 Å². The van der Waals surface area contributed by atoms with E-state index in [9.17, 15) is 0 Å². The Morgan fingerprint density at radius 3 is 2.72 bits per heavy atom. The van der Waals surface area contributed by atoms with Crippen LogP contribution in [0, 0.1) is 0 Å². The maximum Gasteiger partial charge on any atom is 0.0652 e. The molecular formula is C13H16Cl3NO. The van der Waals surface area contributed by atoms with E-state index in [1.165, 1.54) is 0 Å². The SMILES string of the molecule is CC1CC(NCc2c(Cl)ccc(Cl)c2Cl)CCO1. The van der Waals surface area contributed by atoms with Crippen molar-refractivity contribution >= 4 is 34.8 Å². The quantitative estimate of drug-likeness (QED) is 0.840. The van der Waals surface area contributed by atoms with Gasteiger partial charge in [-0.05, 0) is 31.9 Å². The van der Waals surface area contributed by atoms with Gasteiger partial charge in [0.15, 0.2) is 0 Å². The van der Waals surface area contributed by atoms with Crippen LogP contribution in [0.3, 0.4) is 0 Å². The highest BCUT2D eigenvalue weighted by atomic mass is 35.5. The molecular weight excluding hydrogens is 293 g/mol. The van der Waals surface area contributed by atoms with Crippen LogP contribution in [0.25, 0.3) is 0 Å². The molecule has 2 rings (SSSR count). The monoisotopic (exact) mass is 307 g/mol. The van der Waals surface area contributed by atoms with E-state index < -0.39 is 0 Å². The minimum atomic E-state index is 0.307. The molecule has 2 nitrogen and oxygen atoms in total. The molecule has 1 saturated heterocycles. The third-order valence-corrected chi connectivity index (χ3v) is 4.39. The highest BCUT2D eigenvalue weighted by molar-refractivity contribution is 6.44. The first kappa shape index (κ1) is 14.4. The molecule has 5 heteroatoms. The van der Waals surface area contributed by atoms with Gasteiger partial charge in [-0.2, -0.15) is 0 Å². The van der Waals surface area contributed by atoms with Crippen molar-refractivity contribution in [3.8, 4) is 0 Å². The molecule has 0 radical (unpaired) electrons. The molecule has 18 heavy (non-hydrogen) atoms. The molecule has 0 saturated carbocycles. The molecule has 1 aliphatic rings. The number of nitrogens with one attached hydrogen (secondary N) is 1. The van der Waals surface area contributed by atoms with Crippen LogP contribution in [-0.2, 0) is 11.3 Å². The van der Waals surface area contributed by atoms with Crippen LogP contribution in [-0.4, -0.2) is 18.8 Å². The minimum absolute atomic E-state index is 0.307. The fraction of sp³-hybridized carbons (Fsp3) is 0.538. The van der Waals surface area contributed by atoms with Crippen LogP contribution in [0.5, 0.6) is 0 Å². The fourth-order valence-electron chi connectivity index (χ4n) is 2.16. The van der Waals surface area contributed by atoms with Gasteiger partial charge in [-0.25, -0.2) is 0 Å². The molecule has 0 bridgehead atoms. The Hall–Kier alpha value is 0.01000. The van der Waals surface area contributed by atoms with Crippen LogP contribution in [0.1, 0.15) is 25.3 Å². The van der Waals surface area contributed by atoms with Crippen molar-refractivity contribution < 1.29 is 4.74 Å². The van der Waals surface area contributed by atoms with Gasteiger partial charge in [-0.3, -0.25) is 0 Å². The van der Waals surface area contributed by atoms with E-state index in [-0.39, 0.29) is 0 Å². The summed E-state index contributed by atoms with van der Waals surface area (Å²) in [6, 6.07) is 3.94. The second kappa shape index (κ2) is 6.44. The van der Waals surface area contributed by atoms with Crippen molar-refractivity contribution in [3.05, 3.63) is 32.8 Å². The molecule has 2 unspecified atom stereocenters. The van der Waals surface area contributed by atoms with Crippen molar-refractivity contribution in [3.63, 3.8) is 0 Å². The normalized spacial score (nSPS) is 24.2. The van der Waals surface area contributed by atoms with Crippen molar-refractivity contribution in [1.29, 1.82) is 0 Å². The average molecular weight is 309 g/mol. The van der Waals surface area contributed by atoms with E-state index in [2.05, 4.69) is 12.2 Å². The number of rotatable bonds is 3. The Kier molecular flexibility index (Phi) is 5.16. The van der Waals surface area contributed by atoms with E-state index in [4.69, 9.17) is 39.5 Å². The lowest BCUT2D eigenvalue weighted by molar-refractivity contribution is 0.0130. The molecule has 0 spiro atoms. The van der Waals surface area contributed by atoms with Crippen LogP contribution in [0.2, 0.25) is 15.1 Å². The minimum Gasteiger partial charge on any atom is -0.378 e. The zero-order chi connectivity index (χ0) is 13.1. The zero-order valence-corrected chi connectivity index (χ0v) is 12.4. The zero-order valence-electron chi connectivity index (χ0n) is 10.2. The van der Waals surface area contributed by atoms with E-state index in [0.717, 1.165) is 25.0 Å². The lowest BCUT2D eigenvalue weighted by Crippen LogP contribution is -2.37. The van der Waals surface area contributed by atoms with Crippen molar-refractivity contribution in [2.75, 3.05) is 6.61 Å². The molecule has 1 aliphatic heterocycles. The molecule has 2 atom stereocenters. The van der Waals surface area contributed by atoms with Gasteiger partial charge in [0, 0.05) is 29.8 Å². The van der Waals surface area contributed by atoms with Gasteiger partial charge in [0.2, 0.25) is 0 Å². The highest BCUT2D eigenvalue weighted by Crippen LogP contribution is 2.31. The summed E-state index contributed by atoms with van der Waals surface area (Å²) in [7, 11) is 0. The van der Waals surface area contributed by atoms with Crippen LogP contribution >= 0.6 is 34.8 Å². The Balaban J connectivity index is 1.99. The average Bonchev–Trinajstić information content (AvgIpc) is 2.34. The van der Waals surface area contributed by atoms with E-state index in [1.54, 1.807) is 12.1 Å². The lowest BCUT2D eigenvalue weighted by Gasteiger charge is -2.28. The second-order valence-corrected chi connectivity index (χ2v) is 5.80. The summed E-state index contributed by atoms with van der Waals surface area (Å²) in [5, 5.41) is 5.20. The number of hydrogen-bond acceptors (Lipinski definition) is 2. The number of hydrogen-bond donors (Lipinski definition) is 1. The first-order valence-electron chi connectivity index (χ1n) is 6.05. The summed E-state index contributed by atoms with van der Waals surface area (Å²) in [5.41, 5.74) is 0.866. The predicted molar refractivity (Wildman–Crippen MR) is 76.7 cm³/mol. The molecule has 1 aromatic carbocycles. The van der Waals surface area contributed by atoms with Gasteiger partial charge >= 0.3 is 0 Å². The summed E-state index contributed by atoms with van der Waals surface area (Å²) in [6.07, 6.45) is 2.33. The Morgan fingerprint density at radius 2 is 2.00 bits per heavy atom. The number of halogens is 3. The summed E-state index contributed by atoms with van der Waals surface area (Å²) in [6.45, 7) is 3.53. The van der Waals surface area contributed by atoms with Crippen LogP contribution in [0.15, 0.2) is 12.1 Å². The second-order valence-electron chi connectivity index (χ2n) is 4.61. The standard InChI is InChI=1S/C13H16Cl3NO/c1-8-6-9(4-5-18-8)17-7-10-11(14)2-3-12(15)13(10)16/h2-3,8-9,17H,4-7H2,1H3. The molecule has 1 N–H and O–H groups in total. The lowest BCUT2D eigenvalue weighted by atomic mass is 10.0. The molecule has 0 amide bonds. The van der Waals surface area contributed by atoms with Crippen LogP contribution in [0.4, 0.5) is 0 Å². The van der Waals surface area contributed by atoms with Gasteiger partial charge in [-0.1, -0.05) is 34.8 Å². The van der Waals surface area contributed by atoms with Crippen LogP contribution < -0.4 is 5.32 Å².